The fourth-order valence-electron chi connectivity index (χ4n) is 5.62. The predicted molar refractivity (Wildman–Crippen MR) is 137 cm³/mol. The first kappa shape index (κ1) is 24.4. The predicted octanol–water partition coefficient (Wildman–Crippen LogP) is 3.82. The van der Waals surface area contributed by atoms with Crippen molar-refractivity contribution in [2.75, 3.05) is 25.4 Å². The van der Waals surface area contributed by atoms with E-state index in [2.05, 4.69) is 11.7 Å². The molecule has 4 aromatic rings. The van der Waals surface area contributed by atoms with Crippen molar-refractivity contribution in [1.82, 2.24) is 19.6 Å². The number of hydrogen-bond acceptors (Lipinski definition) is 7. The van der Waals surface area contributed by atoms with Crippen LogP contribution in [0.25, 0.3) is 32.1 Å². The Labute approximate surface area is 218 Å². The second-order valence-electron chi connectivity index (χ2n) is 9.36. The van der Waals surface area contributed by atoms with Crippen LogP contribution in [0.3, 0.4) is 0 Å². The first-order valence-corrected chi connectivity index (χ1v) is 12.7. The molecule has 2 aliphatic rings. The minimum atomic E-state index is -0.980. The van der Waals surface area contributed by atoms with Gasteiger partial charge in [0.1, 0.15) is 28.9 Å². The van der Waals surface area contributed by atoms with Crippen molar-refractivity contribution >= 4 is 43.2 Å². The smallest absolute Gasteiger partial charge is 0.256 e. The third-order valence-electron chi connectivity index (χ3n) is 7.39. The van der Waals surface area contributed by atoms with E-state index in [1.165, 1.54) is 16.8 Å². The summed E-state index contributed by atoms with van der Waals surface area (Å²) in [6, 6.07) is 5.09. The van der Waals surface area contributed by atoms with E-state index >= 15 is 8.78 Å². The number of nitrogen functional groups attached to an aromatic ring is 1. The van der Waals surface area contributed by atoms with Gasteiger partial charge in [0.2, 0.25) is 5.95 Å². The third kappa shape index (κ3) is 3.43. The van der Waals surface area contributed by atoms with Gasteiger partial charge in [0.25, 0.3) is 5.91 Å². The number of hydrogen-bond donors (Lipinski definition) is 2. The largest absolute Gasteiger partial charge is 0.389 e. The number of aliphatic hydroxyl groups excluding tert-OH is 1. The molecule has 0 spiro atoms. The number of aryl methyl sites for hydroxylation is 1. The molecule has 2 aromatic heterocycles. The van der Waals surface area contributed by atoms with Crippen LogP contribution < -0.4 is 5.73 Å². The van der Waals surface area contributed by atoms with E-state index in [1.807, 2.05) is 6.07 Å². The van der Waals surface area contributed by atoms with E-state index in [4.69, 9.17) is 5.73 Å². The lowest BCUT2D eigenvalue weighted by molar-refractivity contribution is -0.0168. The van der Waals surface area contributed by atoms with E-state index in [0.717, 1.165) is 23.5 Å². The molecule has 0 saturated carbocycles. The van der Waals surface area contributed by atoms with Crippen molar-refractivity contribution in [1.29, 1.82) is 5.26 Å². The number of carbonyl (C=O) groups excluding carboxylic acids is 1. The maximum Gasteiger partial charge on any atom is 0.256 e. The van der Waals surface area contributed by atoms with Crippen molar-refractivity contribution in [3.8, 4) is 17.2 Å². The maximum atomic E-state index is 16.0. The zero-order chi connectivity index (χ0) is 26.9. The van der Waals surface area contributed by atoms with Crippen LogP contribution in [0.5, 0.6) is 0 Å². The second kappa shape index (κ2) is 8.83. The minimum absolute atomic E-state index is 0.0245. The van der Waals surface area contributed by atoms with Gasteiger partial charge in [0.15, 0.2) is 0 Å². The fraction of sp³-hybridized carbons (Fsp3) is 0.269. The van der Waals surface area contributed by atoms with Crippen LogP contribution in [-0.4, -0.2) is 62.5 Å². The number of amides is 1. The number of nitrogens with zero attached hydrogens (tertiary/aromatic N) is 5. The van der Waals surface area contributed by atoms with Crippen molar-refractivity contribution in [2.24, 2.45) is 0 Å². The normalized spacial score (nSPS) is 18.8. The van der Waals surface area contributed by atoms with E-state index in [0.29, 0.717) is 19.5 Å². The summed E-state index contributed by atoms with van der Waals surface area (Å²) in [5, 5.41) is 23.8. The molecular formula is C26H21F3N6O2S. The van der Waals surface area contributed by atoms with Crippen LogP contribution in [0.2, 0.25) is 0 Å². The number of rotatable bonds is 3. The lowest BCUT2D eigenvalue weighted by atomic mass is 9.93. The van der Waals surface area contributed by atoms with Crippen LogP contribution in [0.1, 0.15) is 22.3 Å². The first-order valence-electron chi connectivity index (χ1n) is 11.9. The molecule has 1 amide bonds. The maximum absolute atomic E-state index is 16.0. The highest BCUT2D eigenvalue weighted by atomic mass is 32.1. The summed E-state index contributed by atoms with van der Waals surface area (Å²) >= 11 is 0.855. The molecule has 6 rings (SSSR count). The Morgan fingerprint density at radius 1 is 1.21 bits per heavy atom. The Balaban J connectivity index is 1.57. The van der Waals surface area contributed by atoms with Crippen LogP contribution in [0, 0.1) is 28.9 Å². The number of aromatic nitrogens is 2. The Bertz CT molecular complexity index is 1710. The molecular weight excluding hydrogens is 517 g/mol. The molecule has 2 unspecified atom stereocenters. The van der Waals surface area contributed by atoms with Gasteiger partial charge in [-0.3, -0.25) is 14.4 Å². The molecule has 38 heavy (non-hydrogen) atoms. The topological polar surface area (TPSA) is 111 Å². The van der Waals surface area contributed by atoms with E-state index in [9.17, 15) is 19.6 Å². The van der Waals surface area contributed by atoms with E-state index in [1.54, 1.807) is 9.80 Å². The number of piperazine rings is 1. The van der Waals surface area contributed by atoms with Gasteiger partial charge in [0.05, 0.1) is 26.7 Å². The summed E-state index contributed by atoms with van der Waals surface area (Å²) in [5.41, 5.74) is 5.90. The molecule has 0 aliphatic carbocycles. The van der Waals surface area contributed by atoms with Gasteiger partial charge in [-0.05, 0) is 30.2 Å². The fourth-order valence-corrected chi connectivity index (χ4v) is 6.57. The number of anilines is 1. The molecule has 2 aromatic carbocycles. The highest BCUT2D eigenvalue weighted by molar-refractivity contribution is 7.23. The average Bonchev–Trinajstić information content (AvgIpc) is 3.42. The molecule has 2 atom stereocenters. The van der Waals surface area contributed by atoms with Crippen molar-refractivity contribution in [3.63, 3.8) is 0 Å². The number of fused-ring (bicyclic) bond motifs is 2. The van der Waals surface area contributed by atoms with Crippen LogP contribution in [0.15, 0.2) is 30.9 Å². The van der Waals surface area contributed by atoms with Gasteiger partial charge >= 0.3 is 0 Å². The molecule has 0 bridgehead atoms. The first-order chi connectivity index (χ1) is 18.2. The molecule has 4 heterocycles. The van der Waals surface area contributed by atoms with E-state index in [-0.39, 0.29) is 67.4 Å². The number of benzene rings is 2. The molecule has 0 radical (unpaired) electrons. The Hall–Kier alpha value is -3.92. The summed E-state index contributed by atoms with van der Waals surface area (Å²) in [6.07, 6.45) is 0.968. The lowest BCUT2D eigenvalue weighted by Gasteiger charge is -2.43. The molecule has 8 nitrogen and oxygen atoms in total. The summed E-state index contributed by atoms with van der Waals surface area (Å²) < 4.78 is 47.5. The molecule has 1 saturated heterocycles. The average molecular weight is 539 g/mol. The Kier molecular flexibility index (Phi) is 5.68. The van der Waals surface area contributed by atoms with Gasteiger partial charge in [-0.2, -0.15) is 9.65 Å². The number of nitrogens with two attached hydrogens (primary N) is 1. The van der Waals surface area contributed by atoms with Gasteiger partial charge in [-0.1, -0.05) is 12.6 Å². The second-order valence-corrected chi connectivity index (χ2v) is 10.4. The minimum Gasteiger partial charge on any atom is -0.389 e. The standard InChI is InChI=1S/C26H21F3N6O2S/c1-2-18(36)33-7-8-34-12(11-33)5-6-35-22-14(26(34)37)9-17(28)20(21(22)24(29)32-35)13-3-4-16(27)23-19(13)15(10-30)25(31)38-23/h2-4,9,12,18,36H,1,5-8,11,31H2. The quantitative estimate of drug-likeness (QED) is 0.384. The Morgan fingerprint density at radius 2 is 2.00 bits per heavy atom. The van der Waals surface area contributed by atoms with E-state index < -0.39 is 29.7 Å². The van der Waals surface area contributed by atoms with Gasteiger partial charge in [0, 0.05) is 43.2 Å². The van der Waals surface area contributed by atoms with Crippen molar-refractivity contribution in [2.45, 2.75) is 25.2 Å². The number of nitriles is 1. The zero-order valence-electron chi connectivity index (χ0n) is 19.9. The lowest BCUT2D eigenvalue weighted by Crippen LogP contribution is -2.57. The summed E-state index contributed by atoms with van der Waals surface area (Å²) in [6.45, 7) is 4.88. The number of thiophene rings is 1. The molecule has 1 fully saturated rings. The number of aliphatic hydroxyl groups is 1. The Morgan fingerprint density at radius 3 is 2.74 bits per heavy atom. The van der Waals surface area contributed by atoms with Crippen LogP contribution in [0.4, 0.5) is 18.2 Å². The van der Waals surface area contributed by atoms with Gasteiger partial charge < -0.3 is 15.7 Å². The highest BCUT2D eigenvalue weighted by Gasteiger charge is 2.37. The van der Waals surface area contributed by atoms with Crippen LogP contribution >= 0.6 is 11.3 Å². The monoisotopic (exact) mass is 538 g/mol. The van der Waals surface area contributed by atoms with Crippen molar-refractivity contribution < 1.29 is 23.1 Å². The van der Waals surface area contributed by atoms with Crippen molar-refractivity contribution in [3.05, 3.63) is 59.6 Å². The third-order valence-corrected chi connectivity index (χ3v) is 8.42. The molecule has 12 heteroatoms. The highest BCUT2D eigenvalue weighted by Crippen LogP contribution is 2.45. The number of halogens is 3. The van der Waals surface area contributed by atoms with Gasteiger partial charge in [-0.25, -0.2) is 8.78 Å². The molecule has 3 N–H and O–H groups in total. The summed E-state index contributed by atoms with van der Waals surface area (Å²) in [7, 11) is 0. The molecule has 2 aliphatic heterocycles. The SMILES string of the molecule is C=CC(O)N1CCN2C(=O)c3cc(F)c(-c4ccc(F)c5sc(N)c(C#N)c45)c4c(F)nn(c34)CCC2C1. The zero-order valence-corrected chi connectivity index (χ0v) is 20.7. The molecule has 194 valence electrons. The number of carbonyl (C=O) groups is 1. The summed E-state index contributed by atoms with van der Waals surface area (Å²) in [5.74, 6) is -2.99. The van der Waals surface area contributed by atoms with Crippen LogP contribution in [-0.2, 0) is 6.54 Å². The summed E-state index contributed by atoms with van der Waals surface area (Å²) in [4.78, 5) is 17.1. The van der Waals surface area contributed by atoms with Gasteiger partial charge in [-0.15, -0.1) is 16.4 Å².